The highest BCUT2D eigenvalue weighted by atomic mass is 35.5. The Morgan fingerprint density at radius 1 is 1.47 bits per heavy atom. The third kappa shape index (κ3) is 4.00. The molecule has 0 aliphatic heterocycles. The number of nitrogens with zero attached hydrogens (tertiary/aromatic N) is 1. The minimum atomic E-state index is -4.53. The van der Waals surface area contributed by atoms with Crippen LogP contribution in [0.3, 0.4) is 0 Å². The van der Waals surface area contributed by atoms with Crippen LogP contribution in [0.2, 0.25) is 5.02 Å². The molecule has 0 aliphatic carbocycles. The zero-order valence-electron chi connectivity index (χ0n) is 9.33. The summed E-state index contributed by atoms with van der Waals surface area (Å²) in [5.74, 6) is -1.16. The quantitative estimate of drug-likeness (QED) is 0.862. The van der Waals surface area contributed by atoms with Crippen molar-refractivity contribution in [3.8, 4) is 6.07 Å². The summed E-state index contributed by atoms with van der Waals surface area (Å²) in [4.78, 5) is 10.4. The first kappa shape index (κ1) is 15.1. The molecule has 0 fully saturated rings. The molecule has 0 heterocycles. The molecule has 0 atom stereocenters. The Morgan fingerprint density at radius 3 is 2.53 bits per heavy atom. The summed E-state index contributed by atoms with van der Waals surface area (Å²) in [5, 5.41) is 17.1. The van der Waals surface area contributed by atoms with Gasteiger partial charge in [0.2, 0.25) is 0 Å². The highest BCUT2D eigenvalue weighted by Crippen LogP contribution is 2.33. The van der Waals surface area contributed by atoms with Gasteiger partial charge in [-0.05, 0) is 12.1 Å². The van der Waals surface area contributed by atoms with Gasteiger partial charge in [-0.2, -0.15) is 18.4 Å². The van der Waals surface area contributed by atoms with Crippen LogP contribution in [-0.2, 0) is 11.0 Å². The van der Waals surface area contributed by atoms with Crippen molar-refractivity contribution in [1.29, 1.82) is 5.26 Å². The molecule has 3 nitrogen and oxygen atoms in total. The lowest BCUT2D eigenvalue weighted by molar-refractivity contribution is -0.138. The van der Waals surface area contributed by atoms with Gasteiger partial charge in [-0.3, -0.25) is 4.79 Å². The highest BCUT2D eigenvalue weighted by molar-refractivity contribution is 6.32. The van der Waals surface area contributed by atoms with Crippen LogP contribution in [0.1, 0.15) is 17.5 Å². The predicted octanol–water partition coefficient (Wildman–Crippen LogP) is 3.74. The molecule has 1 aromatic rings. The van der Waals surface area contributed by atoms with Crippen molar-refractivity contribution in [2.75, 3.05) is 0 Å². The molecule has 0 aromatic heterocycles. The molecule has 1 rings (SSSR count). The number of halogens is 4. The van der Waals surface area contributed by atoms with Gasteiger partial charge in [-0.15, -0.1) is 0 Å². The van der Waals surface area contributed by atoms with E-state index in [0.717, 1.165) is 18.2 Å². The number of rotatable bonds is 3. The number of benzene rings is 1. The number of carboxylic acid groups (broad SMARTS) is 1. The van der Waals surface area contributed by atoms with E-state index in [9.17, 15) is 18.0 Å². The van der Waals surface area contributed by atoms with Crippen molar-refractivity contribution in [3.63, 3.8) is 0 Å². The Kier molecular flexibility index (Phi) is 4.57. The molecule has 0 bridgehead atoms. The van der Waals surface area contributed by atoms with Crippen LogP contribution >= 0.6 is 11.6 Å². The Bertz CT molecular complexity index is 573. The third-order valence-electron chi connectivity index (χ3n) is 2.19. The number of hydrogen-bond acceptors (Lipinski definition) is 2. The Labute approximate surface area is 111 Å². The summed E-state index contributed by atoms with van der Waals surface area (Å²) in [6, 6.07) is 4.23. The number of alkyl halides is 3. The molecule has 0 unspecified atom stereocenters. The molecule has 0 saturated carbocycles. The van der Waals surface area contributed by atoms with Crippen molar-refractivity contribution < 1.29 is 23.1 Å². The van der Waals surface area contributed by atoms with Crippen molar-refractivity contribution in [1.82, 2.24) is 0 Å². The fraction of sp³-hybridized carbons (Fsp3) is 0.167. The van der Waals surface area contributed by atoms with E-state index >= 15 is 0 Å². The number of hydrogen-bond donors (Lipinski definition) is 1. The summed E-state index contributed by atoms with van der Waals surface area (Å²) in [6.07, 6.45) is -3.85. The number of carboxylic acids is 1. The Hall–Kier alpha value is -2.00. The van der Waals surface area contributed by atoms with Crippen LogP contribution in [-0.4, -0.2) is 11.1 Å². The van der Waals surface area contributed by atoms with E-state index in [0.29, 0.717) is 6.07 Å². The van der Waals surface area contributed by atoms with Gasteiger partial charge in [-0.1, -0.05) is 23.7 Å². The fourth-order valence-electron chi connectivity index (χ4n) is 1.32. The topological polar surface area (TPSA) is 61.1 Å². The van der Waals surface area contributed by atoms with Crippen molar-refractivity contribution in [2.45, 2.75) is 12.6 Å². The average Bonchev–Trinajstić information content (AvgIpc) is 2.29. The van der Waals surface area contributed by atoms with E-state index in [4.69, 9.17) is 22.0 Å². The predicted molar refractivity (Wildman–Crippen MR) is 62.3 cm³/mol. The lowest BCUT2D eigenvalue weighted by Crippen LogP contribution is -2.05. The van der Waals surface area contributed by atoms with Crippen LogP contribution in [0.25, 0.3) is 5.57 Å². The molecule has 0 saturated heterocycles. The second-order valence-electron chi connectivity index (χ2n) is 3.52. The number of nitriles is 1. The monoisotopic (exact) mass is 289 g/mol. The summed E-state index contributed by atoms with van der Waals surface area (Å²) in [6.45, 7) is 0. The third-order valence-corrected chi connectivity index (χ3v) is 2.50. The van der Waals surface area contributed by atoms with E-state index in [-0.39, 0.29) is 16.2 Å². The van der Waals surface area contributed by atoms with E-state index in [1.807, 2.05) is 0 Å². The van der Waals surface area contributed by atoms with Crippen LogP contribution in [0.4, 0.5) is 13.2 Å². The number of carbonyl (C=O) groups is 1. The van der Waals surface area contributed by atoms with Crippen LogP contribution in [0.5, 0.6) is 0 Å². The van der Waals surface area contributed by atoms with Gasteiger partial charge in [0.1, 0.15) is 0 Å². The minimum absolute atomic E-state index is 0.0680. The molecule has 1 N–H and O–H groups in total. The number of allylic oxidation sites excluding steroid dienone is 1. The molecule has 7 heteroatoms. The maximum Gasteiger partial charge on any atom is 0.416 e. The van der Waals surface area contributed by atoms with Crippen LogP contribution < -0.4 is 0 Å². The molecule has 0 aliphatic rings. The minimum Gasteiger partial charge on any atom is -0.481 e. The van der Waals surface area contributed by atoms with E-state index < -0.39 is 24.1 Å². The first-order valence-corrected chi connectivity index (χ1v) is 5.32. The van der Waals surface area contributed by atoms with Gasteiger partial charge in [0, 0.05) is 10.6 Å². The Morgan fingerprint density at radius 2 is 2.11 bits per heavy atom. The SMILES string of the molecule is N#C/C(=C\CC(=O)O)c1ccc(C(F)(F)F)cc1Cl. The molecular formula is C12H7ClF3NO2. The maximum atomic E-state index is 12.4. The van der Waals surface area contributed by atoms with Crippen molar-refractivity contribution in [2.24, 2.45) is 0 Å². The second kappa shape index (κ2) is 5.76. The molecule has 100 valence electrons. The van der Waals surface area contributed by atoms with Gasteiger partial charge < -0.3 is 5.11 Å². The van der Waals surface area contributed by atoms with Crippen LogP contribution in [0, 0.1) is 11.3 Å². The first-order chi connectivity index (χ1) is 8.75. The molecule has 0 amide bonds. The fourth-order valence-corrected chi connectivity index (χ4v) is 1.60. The molecule has 1 aromatic carbocycles. The molecule has 0 radical (unpaired) electrons. The zero-order chi connectivity index (χ0) is 14.6. The smallest absolute Gasteiger partial charge is 0.416 e. The van der Waals surface area contributed by atoms with Gasteiger partial charge >= 0.3 is 12.1 Å². The largest absolute Gasteiger partial charge is 0.481 e. The highest BCUT2D eigenvalue weighted by Gasteiger charge is 2.31. The van der Waals surface area contributed by atoms with Gasteiger partial charge in [0.25, 0.3) is 0 Å². The van der Waals surface area contributed by atoms with E-state index in [1.165, 1.54) is 0 Å². The molecule has 0 spiro atoms. The van der Waals surface area contributed by atoms with Crippen LogP contribution in [0.15, 0.2) is 24.3 Å². The van der Waals surface area contributed by atoms with Gasteiger partial charge in [0.15, 0.2) is 0 Å². The number of aliphatic carboxylic acids is 1. The lowest BCUT2D eigenvalue weighted by Gasteiger charge is -2.09. The standard InChI is InChI=1S/C12H7ClF3NO2/c13-10-5-8(12(14,15)16)2-3-9(10)7(6-17)1-4-11(18)19/h1-3,5H,4H2,(H,18,19)/b7-1+. The first-order valence-electron chi connectivity index (χ1n) is 4.95. The zero-order valence-corrected chi connectivity index (χ0v) is 10.1. The van der Waals surface area contributed by atoms with Crippen molar-refractivity contribution >= 4 is 23.1 Å². The summed E-state index contributed by atoms with van der Waals surface area (Å²) in [5.41, 5.74) is -0.948. The van der Waals surface area contributed by atoms with Gasteiger partial charge in [0.05, 0.1) is 23.6 Å². The summed E-state index contributed by atoms with van der Waals surface area (Å²) in [7, 11) is 0. The normalized spacial score (nSPS) is 12.1. The Balaban J connectivity index is 3.18. The molecular weight excluding hydrogens is 283 g/mol. The molecule has 19 heavy (non-hydrogen) atoms. The average molecular weight is 290 g/mol. The van der Waals surface area contributed by atoms with E-state index in [2.05, 4.69) is 0 Å². The summed E-state index contributed by atoms with van der Waals surface area (Å²) >= 11 is 5.68. The maximum absolute atomic E-state index is 12.4. The lowest BCUT2D eigenvalue weighted by atomic mass is 10.0. The second-order valence-corrected chi connectivity index (χ2v) is 3.93. The van der Waals surface area contributed by atoms with Gasteiger partial charge in [-0.25, -0.2) is 0 Å². The van der Waals surface area contributed by atoms with E-state index in [1.54, 1.807) is 6.07 Å². The summed E-state index contributed by atoms with van der Waals surface area (Å²) < 4.78 is 37.3. The van der Waals surface area contributed by atoms with Crippen molar-refractivity contribution in [3.05, 3.63) is 40.4 Å².